The Labute approximate surface area is 159 Å². The summed E-state index contributed by atoms with van der Waals surface area (Å²) in [5.74, 6) is -2.19. The molecule has 27 heavy (non-hydrogen) atoms. The molecule has 9 heteroatoms. The average molecular weight is 393 g/mol. The molecule has 2 heterocycles. The van der Waals surface area contributed by atoms with Gasteiger partial charge in [-0.25, -0.2) is 4.79 Å². The zero-order valence-corrected chi connectivity index (χ0v) is 15.4. The van der Waals surface area contributed by atoms with Crippen LogP contribution in [0, 0.1) is 17.0 Å². The summed E-state index contributed by atoms with van der Waals surface area (Å²) in [6.45, 7) is 3.93. The quantitative estimate of drug-likeness (QED) is 0.591. The van der Waals surface area contributed by atoms with Gasteiger partial charge < -0.3 is 9.84 Å². The molecule has 1 aliphatic heterocycles. The third-order valence-corrected chi connectivity index (χ3v) is 4.86. The number of ether oxygens (including phenoxy) is 1. The van der Waals surface area contributed by atoms with Crippen LogP contribution in [-0.2, 0) is 27.6 Å². The molecule has 1 aliphatic rings. The lowest BCUT2D eigenvalue weighted by molar-refractivity contribution is -0.765. The maximum absolute atomic E-state index is 11.5. The molecule has 142 valence electrons. The van der Waals surface area contributed by atoms with Crippen LogP contribution in [0.3, 0.4) is 0 Å². The first-order valence-electron chi connectivity index (χ1n) is 8.19. The molecule has 0 aliphatic carbocycles. The van der Waals surface area contributed by atoms with Crippen LogP contribution in [0.15, 0.2) is 24.3 Å². The Bertz CT molecular complexity index is 900. The van der Waals surface area contributed by atoms with Gasteiger partial charge in [0.25, 0.3) is 5.09 Å². The molecule has 0 amide bonds. The average Bonchev–Trinajstić information content (AvgIpc) is 3.08. The van der Waals surface area contributed by atoms with Gasteiger partial charge in [0.05, 0.1) is 18.9 Å². The molecule has 8 nitrogen and oxygen atoms in total. The number of hydrogen-bond donors (Lipinski definition) is 1. The fraction of sp³-hybridized carbons (Fsp3) is 0.333. The van der Waals surface area contributed by atoms with E-state index in [1.165, 1.54) is 0 Å². The molecule has 1 aromatic heterocycles. The van der Waals surface area contributed by atoms with Crippen molar-refractivity contribution in [2.75, 3.05) is 0 Å². The highest BCUT2D eigenvalue weighted by molar-refractivity contribution is 6.30. The Morgan fingerprint density at radius 2 is 1.96 bits per heavy atom. The van der Waals surface area contributed by atoms with E-state index in [1.807, 2.05) is 12.1 Å². The number of carboxylic acids is 1. The maximum Gasteiger partial charge on any atom is 0.333 e. The number of aromatic nitrogens is 1. The van der Waals surface area contributed by atoms with Crippen LogP contribution in [0.2, 0.25) is 5.02 Å². The molecule has 2 aromatic rings. The number of aryl methyl sites for hydroxylation is 1. The molecule has 0 spiro atoms. The van der Waals surface area contributed by atoms with Gasteiger partial charge in [-0.3, -0.25) is 9.82 Å². The van der Waals surface area contributed by atoms with Crippen molar-refractivity contribution in [3.63, 3.8) is 0 Å². The Morgan fingerprint density at radius 3 is 2.56 bits per heavy atom. The second-order valence-electron chi connectivity index (χ2n) is 6.29. The third-order valence-electron chi connectivity index (χ3n) is 4.61. The van der Waals surface area contributed by atoms with Crippen molar-refractivity contribution in [1.82, 2.24) is 4.98 Å². The highest BCUT2D eigenvalue weighted by Gasteiger charge is 2.35. The summed E-state index contributed by atoms with van der Waals surface area (Å²) in [7, 11) is 0. The van der Waals surface area contributed by atoms with Crippen LogP contribution in [0.25, 0.3) is 11.3 Å². The molecule has 0 radical (unpaired) electrons. The second kappa shape index (κ2) is 7.50. The lowest BCUT2D eigenvalue weighted by Gasteiger charge is -2.23. The van der Waals surface area contributed by atoms with E-state index in [2.05, 4.69) is 9.82 Å². The molecular weight excluding hydrogens is 376 g/mol. The lowest BCUT2D eigenvalue weighted by atomic mass is 9.87. The minimum atomic E-state index is -1.63. The van der Waals surface area contributed by atoms with E-state index in [4.69, 9.17) is 16.3 Å². The number of pyridine rings is 1. The number of rotatable bonds is 6. The predicted octanol–water partition coefficient (Wildman–Crippen LogP) is 3.51. The van der Waals surface area contributed by atoms with Crippen molar-refractivity contribution < 1.29 is 24.6 Å². The summed E-state index contributed by atoms with van der Waals surface area (Å²) < 4.78 is 5.58. The molecule has 3 rings (SSSR count). The van der Waals surface area contributed by atoms with Crippen LogP contribution in [-0.4, -0.2) is 27.3 Å². The smallest absolute Gasteiger partial charge is 0.333 e. The standard InChI is InChI=1S/C18H17ClN2O6/c1-9(17(18(22)23)27-21(24)25)15-10(2)20-16(14-8-26-7-13(14)15)11-3-5-12(19)6-4-11/h3-6,9,17H,7-8H2,1-2H3,(H,22,23). The summed E-state index contributed by atoms with van der Waals surface area (Å²) in [6.07, 6.45) is -1.63. The van der Waals surface area contributed by atoms with Crippen molar-refractivity contribution in [2.24, 2.45) is 0 Å². The Balaban J connectivity index is 2.10. The molecule has 0 saturated carbocycles. The molecule has 0 bridgehead atoms. The van der Waals surface area contributed by atoms with Gasteiger partial charge in [-0.05, 0) is 30.2 Å². The Hall–Kier alpha value is -2.71. The zero-order chi connectivity index (χ0) is 19.7. The SMILES string of the molecule is Cc1nc(-c2ccc(Cl)cc2)c2c(c1C(C)C(O[N+](=O)[O-])C(=O)O)COC2. The molecule has 0 saturated heterocycles. The first kappa shape index (κ1) is 19.1. The number of nitrogens with zero attached hydrogens (tertiary/aromatic N) is 2. The first-order valence-corrected chi connectivity index (χ1v) is 8.57. The van der Waals surface area contributed by atoms with Crippen LogP contribution >= 0.6 is 11.6 Å². The minimum Gasteiger partial charge on any atom is -0.480 e. The van der Waals surface area contributed by atoms with Gasteiger partial charge in [0, 0.05) is 27.8 Å². The van der Waals surface area contributed by atoms with E-state index < -0.39 is 23.1 Å². The zero-order valence-electron chi connectivity index (χ0n) is 14.6. The molecule has 1 aromatic carbocycles. The Morgan fingerprint density at radius 1 is 1.33 bits per heavy atom. The molecule has 0 fully saturated rings. The molecular formula is C18H17ClN2O6. The van der Waals surface area contributed by atoms with Crippen molar-refractivity contribution >= 4 is 17.6 Å². The fourth-order valence-corrected chi connectivity index (χ4v) is 3.57. The minimum absolute atomic E-state index is 0.282. The van der Waals surface area contributed by atoms with Gasteiger partial charge in [0.15, 0.2) is 0 Å². The number of hydrogen-bond acceptors (Lipinski definition) is 6. The number of benzene rings is 1. The highest BCUT2D eigenvalue weighted by Crippen LogP contribution is 2.38. The summed E-state index contributed by atoms with van der Waals surface area (Å²) in [5, 5.41) is 19.6. The number of fused-ring (bicyclic) bond motifs is 1. The predicted molar refractivity (Wildman–Crippen MR) is 95.8 cm³/mol. The summed E-state index contributed by atoms with van der Waals surface area (Å²) in [4.78, 5) is 31.2. The third kappa shape index (κ3) is 3.72. The van der Waals surface area contributed by atoms with E-state index in [9.17, 15) is 20.0 Å². The van der Waals surface area contributed by atoms with Crippen molar-refractivity contribution in [3.05, 3.63) is 61.8 Å². The van der Waals surface area contributed by atoms with E-state index in [-0.39, 0.29) is 6.61 Å². The van der Waals surface area contributed by atoms with Crippen molar-refractivity contribution in [3.8, 4) is 11.3 Å². The number of aliphatic carboxylic acids is 1. The van der Waals surface area contributed by atoms with E-state index in [1.54, 1.807) is 26.0 Å². The first-order chi connectivity index (χ1) is 12.8. The van der Waals surface area contributed by atoms with Gasteiger partial charge >= 0.3 is 5.97 Å². The van der Waals surface area contributed by atoms with E-state index in [0.717, 1.165) is 22.4 Å². The maximum atomic E-state index is 11.5. The fourth-order valence-electron chi connectivity index (χ4n) is 3.44. The monoisotopic (exact) mass is 392 g/mol. The highest BCUT2D eigenvalue weighted by atomic mass is 35.5. The van der Waals surface area contributed by atoms with Gasteiger partial charge in [0.2, 0.25) is 6.10 Å². The summed E-state index contributed by atoms with van der Waals surface area (Å²) in [5.41, 5.74) is 4.42. The van der Waals surface area contributed by atoms with Crippen LogP contribution in [0.4, 0.5) is 0 Å². The Kier molecular flexibility index (Phi) is 5.29. The van der Waals surface area contributed by atoms with E-state index in [0.29, 0.717) is 22.9 Å². The van der Waals surface area contributed by atoms with Gasteiger partial charge in [0.1, 0.15) is 0 Å². The normalized spacial score (nSPS) is 15.1. The lowest BCUT2D eigenvalue weighted by Crippen LogP contribution is -2.32. The molecule has 1 N–H and O–H groups in total. The summed E-state index contributed by atoms with van der Waals surface area (Å²) in [6, 6.07) is 7.22. The summed E-state index contributed by atoms with van der Waals surface area (Å²) >= 11 is 5.95. The number of halogens is 1. The number of carbonyl (C=O) groups is 1. The van der Waals surface area contributed by atoms with E-state index >= 15 is 0 Å². The second-order valence-corrected chi connectivity index (χ2v) is 6.73. The van der Waals surface area contributed by atoms with Crippen LogP contribution in [0.1, 0.15) is 35.2 Å². The number of carboxylic acid groups (broad SMARTS) is 1. The largest absolute Gasteiger partial charge is 0.480 e. The van der Waals surface area contributed by atoms with Gasteiger partial charge in [-0.2, -0.15) is 0 Å². The molecule has 2 atom stereocenters. The topological polar surface area (TPSA) is 112 Å². The van der Waals surface area contributed by atoms with Gasteiger partial charge in [-0.1, -0.05) is 30.7 Å². The van der Waals surface area contributed by atoms with Crippen molar-refractivity contribution in [1.29, 1.82) is 0 Å². The van der Waals surface area contributed by atoms with Crippen molar-refractivity contribution in [2.45, 2.75) is 39.1 Å². The van der Waals surface area contributed by atoms with Crippen LogP contribution in [0.5, 0.6) is 0 Å². The van der Waals surface area contributed by atoms with Gasteiger partial charge in [-0.15, -0.1) is 10.1 Å². The van der Waals surface area contributed by atoms with Crippen LogP contribution < -0.4 is 0 Å². The molecule has 2 unspecified atom stereocenters.